The van der Waals surface area contributed by atoms with Crippen molar-refractivity contribution < 1.29 is 4.39 Å². The quantitative estimate of drug-likeness (QED) is 0.271. The third kappa shape index (κ3) is 6.69. The molecule has 1 saturated carbocycles. The molecule has 38 heavy (non-hydrogen) atoms. The van der Waals surface area contributed by atoms with Crippen molar-refractivity contribution in [2.45, 2.75) is 72.8 Å². The van der Waals surface area contributed by atoms with Crippen molar-refractivity contribution in [3.63, 3.8) is 0 Å². The van der Waals surface area contributed by atoms with E-state index < -0.39 is 5.82 Å². The van der Waals surface area contributed by atoms with E-state index in [0.717, 1.165) is 36.8 Å². The molecule has 5 nitrogen and oxygen atoms in total. The first kappa shape index (κ1) is 27.6. The number of anilines is 1. The van der Waals surface area contributed by atoms with Crippen LogP contribution < -0.4 is 10.9 Å². The molecule has 2 aromatic carbocycles. The second-order valence-electron chi connectivity index (χ2n) is 11.1. The van der Waals surface area contributed by atoms with Crippen LogP contribution in [0.5, 0.6) is 0 Å². The van der Waals surface area contributed by atoms with Crippen LogP contribution in [-0.4, -0.2) is 16.1 Å². The Morgan fingerprint density at radius 1 is 1.13 bits per heavy atom. The number of nitrogens with zero attached hydrogens (tertiary/aromatic N) is 3. The van der Waals surface area contributed by atoms with Gasteiger partial charge in [-0.15, -0.1) is 0 Å². The SMILES string of the molecule is CCC(CCC(C)C)CNc1nc(-c2ccc(C#N)c(F)c2)c(-c2ccc(C)cc2)n(CCC2CC2)c1=O. The lowest BCUT2D eigenvalue weighted by atomic mass is 9.96. The summed E-state index contributed by atoms with van der Waals surface area (Å²) in [6, 6.07) is 14.5. The first-order chi connectivity index (χ1) is 18.3. The summed E-state index contributed by atoms with van der Waals surface area (Å²) >= 11 is 0. The number of hydrogen-bond acceptors (Lipinski definition) is 4. The standard InChI is InChI=1S/C32H39FN4O/c1-5-23(9-6-21(2)3)20-35-31-32(38)37(17-16-24-10-11-24)30(25-12-7-22(4)8-13-25)29(36-31)26-14-15-27(19-34)28(33)18-26/h7-8,12-15,18,21,23-24H,5-6,9-11,16-17,20H2,1-4H3,(H,35,36). The molecule has 1 aliphatic carbocycles. The summed E-state index contributed by atoms with van der Waals surface area (Å²) in [4.78, 5) is 18.8. The Hall–Kier alpha value is -3.46. The molecule has 1 aromatic heterocycles. The average Bonchev–Trinajstić information content (AvgIpc) is 3.73. The Labute approximate surface area is 225 Å². The van der Waals surface area contributed by atoms with Crippen molar-refractivity contribution in [2.75, 3.05) is 11.9 Å². The lowest BCUT2D eigenvalue weighted by Crippen LogP contribution is -2.29. The molecule has 3 aromatic rings. The zero-order valence-corrected chi connectivity index (χ0v) is 23.1. The van der Waals surface area contributed by atoms with Gasteiger partial charge in [-0.1, -0.05) is 82.3 Å². The zero-order chi connectivity index (χ0) is 27.2. The van der Waals surface area contributed by atoms with Crippen LogP contribution in [-0.2, 0) is 6.54 Å². The van der Waals surface area contributed by atoms with Crippen molar-refractivity contribution >= 4 is 5.82 Å². The highest BCUT2D eigenvalue weighted by atomic mass is 19.1. The number of hydrogen-bond donors (Lipinski definition) is 1. The number of rotatable bonds is 12. The molecule has 1 aliphatic rings. The number of aryl methyl sites for hydroxylation is 1. The van der Waals surface area contributed by atoms with E-state index in [0.29, 0.717) is 53.6 Å². The van der Waals surface area contributed by atoms with Crippen LogP contribution in [0.3, 0.4) is 0 Å². The van der Waals surface area contributed by atoms with Gasteiger partial charge >= 0.3 is 0 Å². The third-order valence-electron chi connectivity index (χ3n) is 7.60. The minimum Gasteiger partial charge on any atom is -0.365 e. The molecule has 0 saturated heterocycles. The highest BCUT2D eigenvalue weighted by Crippen LogP contribution is 2.35. The van der Waals surface area contributed by atoms with Crippen molar-refractivity contribution in [3.8, 4) is 28.6 Å². The smallest absolute Gasteiger partial charge is 0.293 e. The minimum atomic E-state index is -0.591. The minimum absolute atomic E-state index is 0.0121. The molecule has 6 heteroatoms. The Morgan fingerprint density at radius 2 is 1.84 bits per heavy atom. The van der Waals surface area contributed by atoms with Gasteiger partial charge in [0.25, 0.3) is 5.56 Å². The van der Waals surface area contributed by atoms with E-state index in [2.05, 4.69) is 26.1 Å². The summed E-state index contributed by atoms with van der Waals surface area (Å²) in [5.41, 5.74) is 3.62. The third-order valence-corrected chi connectivity index (χ3v) is 7.60. The number of nitrogens with one attached hydrogen (secondary N) is 1. The van der Waals surface area contributed by atoms with E-state index in [1.807, 2.05) is 41.8 Å². The first-order valence-corrected chi connectivity index (χ1v) is 14.0. The normalized spacial score (nSPS) is 13.9. The van der Waals surface area contributed by atoms with Crippen molar-refractivity contribution in [3.05, 3.63) is 69.8 Å². The van der Waals surface area contributed by atoms with Crippen molar-refractivity contribution in [1.82, 2.24) is 9.55 Å². The molecule has 0 spiro atoms. The van der Waals surface area contributed by atoms with E-state index in [-0.39, 0.29) is 11.1 Å². The summed E-state index contributed by atoms with van der Waals surface area (Å²) in [7, 11) is 0. The van der Waals surface area contributed by atoms with Gasteiger partial charge < -0.3 is 9.88 Å². The fourth-order valence-electron chi connectivity index (χ4n) is 4.84. The van der Waals surface area contributed by atoms with Gasteiger partial charge in [0.2, 0.25) is 0 Å². The summed E-state index contributed by atoms with van der Waals surface area (Å²) in [5.74, 6) is 1.43. The molecule has 4 rings (SSSR count). The first-order valence-electron chi connectivity index (χ1n) is 14.0. The van der Waals surface area contributed by atoms with Gasteiger partial charge in [0.05, 0.1) is 17.0 Å². The zero-order valence-electron chi connectivity index (χ0n) is 23.1. The van der Waals surface area contributed by atoms with E-state index in [4.69, 9.17) is 4.98 Å². The lowest BCUT2D eigenvalue weighted by molar-refractivity contribution is 0.428. The van der Waals surface area contributed by atoms with Crippen LogP contribution in [0.15, 0.2) is 47.3 Å². The van der Waals surface area contributed by atoms with Gasteiger partial charge in [0, 0.05) is 24.2 Å². The summed E-state index contributed by atoms with van der Waals surface area (Å²) in [6.07, 6.45) is 6.58. The molecule has 0 radical (unpaired) electrons. The van der Waals surface area contributed by atoms with Crippen LogP contribution in [0.4, 0.5) is 10.2 Å². The van der Waals surface area contributed by atoms with E-state index in [9.17, 15) is 14.4 Å². The fraction of sp³-hybridized carbons (Fsp3) is 0.469. The van der Waals surface area contributed by atoms with Crippen molar-refractivity contribution in [1.29, 1.82) is 5.26 Å². The fourth-order valence-corrected chi connectivity index (χ4v) is 4.84. The van der Waals surface area contributed by atoms with Crippen LogP contribution in [0, 0.1) is 41.8 Å². The maximum atomic E-state index is 14.8. The van der Waals surface area contributed by atoms with Gasteiger partial charge in [0.15, 0.2) is 5.82 Å². The molecular weight excluding hydrogens is 475 g/mol. The lowest BCUT2D eigenvalue weighted by Gasteiger charge is -2.21. The number of nitriles is 1. The van der Waals surface area contributed by atoms with Gasteiger partial charge in [0.1, 0.15) is 11.9 Å². The molecule has 1 N–H and O–H groups in total. The molecule has 0 aliphatic heterocycles. The second-order valence-corrected chi connectivity index (χ2v) is 11.1. The van der Waals surface area contributed by atoms with E-state index in [1.54, 1.807) is 6.07 Å². The number of benzene rings is 2. The highest BCUT2D eigenvalue weighted by molar-refractivity contribution is 5.79. The molecule has 200 valence electrons. The van der Waals surface area contributed by atoms with Crippen LogP contribution >= 0.6 is 0 Å². The average molecular weight is 515 g/mol. The van der Waals surface area contributed by atoms with Gasteiger partial charge in [-0.3, -0.25) is 4.79 Å². The molecule has 1 fully saturated rings. The van der Waals surface area contributed by atoms with Gasteiger partial charge in [-0.05, 0) is 49.7 Å². The van der Waals surface area contributed by atoms with Crippen LogP contribution in [0.2, 0.25) is 0 Å². The van der Waals surface area contributed by atoms with Gasteiger partial charge in [-0.2, -0.15) is 5.26 Å². The monoisotopic (exact) mass is 514 g/mol. The van der Waals surface area contributed by atoms with E-state index >= 15 is 0 Å². The molecule has 1 heterocycles. The Balaban J connectivity index is 1.84. The largest absolute Gasteiger partial charge is 0.365 e. The molecule has 0 bridgehead atoms. The summed E-state index contributed by atoms with van der Waals surface area (Å²) < 4.78 is 16.6. The van der Waals surface area contributed by atoms with Crippen LogP contribution in [0.1, 0.15) is 70.4 Å². The predicted molar refractivity (Wildman–Crippen MR) is 152 cm³/mol. The summed E-state index contributed by atoms with van der Waals surface area (Å²) in [5, 5.41) is 12.6. The number of aromatic nitrogens is 2. The molecular formula is C32H39FN4O. The second kappa shape index (κ2) is 12.4. The maximum absolute atomic E-state index is 14.8. The molecule has 1 atom stereocenters. The summed E-state index contributed by atoms with van der Waals surface area (Å²) in [6.45, 7) is 9.91. The highest BCUT2D eigenvalue weighted by Gasteiger charge is 2.25. The van der Waals surface area contributed by atoms with E-state index in [1.165, 1.54) is 25.0 Å². The van der Waals surface area contributed by atoms with Crippen LogP contribution in [0.25, 0.3) is 22.5 Å². The molecule has 0 amide bonds. The predicted octanol–water partition coefficient (Wildman–Crippen LogP) is 7.57. The Bertz CT molecular complexity index is 1350. The maximum Gasteiger partial charge on any atom is 0.293 e. The van der Waals surface area contributed by atoms with Crippen molar-refractivity contribution in [2.24, 2.45) is 17.8 Å². The Morgan fingerprint density at radius 3 is 2.45 bits per heavy atom. The number of halogens is 1. The van der Waals surface area contributed by atoms with Gasteiger partial charge in [-0.25, -0.2) is 9.37 Å². The molecule has 1 unspecified atom stereocenters. The Kier molecular flexibility index (Phi) is 8.99. The topological polar surface area (TPSA) is 70.7 Å².